The van der Waals surface area contributed by atoms with Gasteiger partial charge in [-0.15, -0.1) is 0 Å². The maximum Gasteiger partial charge on any atom is 0.334 e. The van der Waals surface area contributed by atoms with Gasteiger partial charge in [-0.2, -0.15) is 5.26 Å². The number of rotatable bonds is 6. The summed E-state index contributed by atoms with van der Waals surface area (Å²) < 4.78 is 4.94. The summed E-state index contributed by atoms with van der Waals surface area (Å²) in [5.74, 6) is -0.329. The van der Waals surface area contributed by atoms with Crippen LogP contribution >= 0.6 is 0 Å². The number of ether oxygens (including phenoxy) is 1. The molecule has 0 atom stereocenters. The quantitative estimate of drug-likeness (QED) is 0.384. The first-order valence-corrected chi connectivity index (χ1v) is 5.50. The molecule has 0 aromatic rings. The summed E-state index contributed by atoms with van der Waals surface area (Å²) in [6, 6.07) is 2.11. The van der Waals surface area contributed by atoms with Gasteiger partial charge in [-0.1, -0.05) is 26.7 Å². The Morgan fingerprint density at radius 1 is 1.20 bits per heavy atom. The Hall–Kier alpha value is -1.30. The number of hydrogen-bond acceptors (Lipinski definition) is 3. The summed E-state index contributed by atoms with van der Waals surface area (Å²) in [5.41, 5.74) is 1.14. The second kappa shape index (κ2) is 8.05. The maximum atomic E-state index is 11.6. The number of esters is 1. The highest BCUT2D eigenvalue weighted by molar-refractivity contribution is 5.90. The Morgan fingerprint density at radius 2 is 1.80 bits per heavy atom. The Kier molecular flexibility index (Phi) is 7.35. The SMILES string of the molecule is CCC/C(C#N)=C(\CCC)C(=O)OCC. The molecule has 0 aliphatic rings. The third-order valence-corrected chi connectivity index (χ3v) is 2.02. The summed E-state index contributed by atoms with van der Waals surface area (Å²) >= 11 is 0. The molecule has 84 valence electrons. The lowest BCUT2D eigenvalue weighted by Gasteiger charge is -2.08. The van der Waals surface area contributed by atoms with Crippen LogP contribution in [-0.4, -0.2) is 12.6 Å². The second-order valence-electron chi connectivity index (χ2n) is 3.29. The highest BCUT2D eigenvalue weighted by Crippen LogP contribution is 2.17. The first-order chi connectivity index (χ1) is 7.21. The molecule has 0 unspecified atom stereocenters. The van der Waals surface area contributed by atoms with Crippen LogP contribution in [0.15, 0.2) is 11.1 Å². The van der Waals surface area contributed by atoms with Crippen molar-refractivity contribution in [3.63, 3.8) is 0 Å². The van der Waals surface area contributed by atoms with E-state index < -0.39 is 0 Å². The predicted octanol–water partition coefficient (Wildman–Crippen LogP) is 2.97. The van der Waals surface area contributed by atoms with Crippen molar-refractivity contribution in [3.8, 4) is 6.07 Å². The van der Waals surface area contributed by atoms with Crippen molar-refractivity contribution in [2.75, 3.05) is 6.61 Å². The molecule has 0 radical (unpaired) electrons. The zero-order valence-electron chi connectivity index (χ0n) is 9.80. The van der Waals surface area contributed by atoms with Gasteiger partial charge >= 0.3 is 5.97 Å². The summed E-state index contributed by atoms with van der Waals surface area (Å²) in [5, 5.41) is 8.96. The molecule has 0 amide bonds. The van der Waals surface area contributed by atoms with Gasteiger partial charge in [0.1, 0.15) is 0 Å². The molecule has 0 bridgehead atoms. The zero-order chi connectivity index (χ0) is 11.7. The van der Waals surface area contributed by atoms with Crippen molar-refractivity contribution in [3.05, 3.63) is 11.1 Å². The van der Waals surface area contributed by atoms with Gasteiger partial charge in [0.05, 0.1) is 18.2 Å². The lowest BCUT2D eigenvalue weighted by molar-refractivity contribution is -0.138. The smallest absolute Gasteiger partial charge is 0.334 e. The number of nitrogens with zero attached hydrogens (tertiary/aromatic N) is 1. The number of carbonyl (C=O) groups is 1. The highest BCUT2D eigenvalue weighted by Gasteiger charge is 2.14. The molecule has 3 heteroatoms. The fourth-order valence-electron chi connectivity index (χ4n) is 1.37. The predicted molar refractivity (Wildman–Crippen MR) is 59.1 cm³/mol. The molecule has 0 saturated carbocycles. The molecule has 0 rings (SSSR count). The summed E-state index contributed by atoms with van der Waals surface area (Å²) in [6.07, 6.45) is 3.00. The Bertz CT molecular complexity index is 274. The summed E-state index contributed by atoms with van der Waals surface area (Å²) in [4.78, 5) is 11.6. The fourth-order valence-corrected chi connectivity index (χ4v) is 1.37. The molecule has 15 heavy (non-hydrogen) atoms. The first kappa shape index (κ1) is 13.7. The van der Waals surface area contributed by atoms with E-state index in [1.807, 2.05) is 13.8 Å². The van der Waals surface area contributed by atoms with Crippen LogP contribution in [0.1, 0.15) is 46.5 Å². The fraction of sp³-hybridized carbons (Fsp3) is 0.667. The first-order valence-electron chi connectivity index (χ1n) is 5.50. The lowest BCUT2D eigenvalue weighted by atomic mass is 10.0. The van der Waals surface area contributed by atoms with E-state index in [2.05, 4.69) is 6.07 Å². The number of hydrogen-bond donors (Lipinski definition) is 0. The normalized spacial score (nSPS) is 11.6. The molecule has 0 aliphatic heterocycles. The number of carbonyl (C=O) groups excluding carboxylic acids is 1. The summed E-state index contributed by atoms with van der Waals surface area (Å²) in [7, 11) is 0. The van der Waals surface area contributed by atoms with Crippen molar-refractivity contribution >= 4 is 5.97 Å². The molecule has 0 fully saturated rings. The average Bonchev–Trinajstić information content (AvgIpc) is 2.23. The van der Waals surface area contributed by atoms with Gasteiger partial charge in [-0.05, 0) is 19.8 Å². The molecule has 0 spiro atoms. The van der Waals surface area contributed by atoms with Gasteiger partial charge in [0.15, 0.2) is 0 Å². The Labute approximate surface area is 91.7 Å². The summed E-state index contributed by atoms with van der Waals surface area (Å²) in [6.45, 7) is 6.11. The standard InChI is InChI=1S/C12H19NO2/c1-4-7-10(9-13)11(8-5-2)12(14)15-6-3/h4-8H2,1-3H3/b11-10-. The highest BCUT2D eigenvalue weighted by atomic mass is 16.5. The van der Waals surface area contributed by atoms with Crippen molar-refractivity contribution in [2.24, 2.45) is 0 Å². The molecule has 3 nitrogen and oxygen atoms in total. The van der Waals surface area contributed by atoms with Crippen LogP contribution in [0, 0.1) is 11.3 Å². The van der Waals surface area contributed by atoms with Gasteiger partial charge in [0, 0.05) is 5.57 Å². The molecule has 0 aromatic heterocycles. The third kappa shape index (κ3) is 4.64. The Morgan fingerprint density at radius 3 is 2.20 bits per heavy atom. The average molecular weight is 209 g/mol. The number of nitriles is 1. The van der Waals surface area contributed by atoms with Gasteiger partial charge in [-0.3, -0.25) is 0 Å². The van der Waals surface area contributed by atoms with Gasteiger partial charge in [0.2, 0.25) is 0 Å². The van der Waals surface area contributed by atoms with Crippen molar-refractivity contribution in [1.82, 2.24) is 0 Å². The van der Waals surface area contributed by atoms with E-state index >= 15 is 0 Å². The number of allylic oxidation sites excluding steroid dienone is 1. The van der Waals surface area contributed by atoms with E-state index in [-0.39, 0.29) is 5.97 Å². The van der Waals surface area contributed by atoms with Crippen LogP contribution in [0.25, 0.3) is 0 Å². The van der Waals surface area contributed by atoms with Crippen molar-refractivity contribution < 1.29 is 9.53 Å². The van der Waals surface area contributed by atoms with E-state index in [9.17, 15) is 4.79 Å². The molecule has 0 heterocycles. The molecular weight excluding hydrogens is 190 g/mol. The van der Waals surface area contributed by atoms with Crippen LogP contribution in [0.4, 0.5) is 0 Å². The molecule has 0 aliphatic carbocycles. The van der Waals surface area contributed by atoms with E-state index in [0.717, 1.165) is 12.8 Å². The largest absolute Gasteiger partial charge is 0.463 e. The van der Waals surface area contributed by atoms with E-state index in [1.165, 1.54) is 0 Å². The van der Waals surface area contributed by atoms with Crippen LogP contribution < -0.4 is 0 Å². The van der Waals surface area contributed by atoms with Crippen LogP contribution in [0.5, 0.6) is 0 Å². The van der Waals surface area contributed by atoms with Gasteiger partial charge < -0.3 is 4.74 Å². The Balaban J connectivity index is 4.88. The minimum atomic E-state index is -0.329. The maximum absolute atomic E-state index is 11.6. The van der Waals surface area contributed by atoms with Crippen LogP contribution in [-0.2, 0) is 9.53 Å². The van der Waals surface area contributed by atoms with Crippen molar-refractivity contribution in [2.45, 2.75) is 46.5 Å². The van der Waals surface area contributed by atoms with E-state index in [1.54, 1.807) is 6.92 Å². The third-order valence-electron chi connectivity index (χ3n) is 2.02. The minimum Gasteiger partial charge on any atom is -0.463 e. The zero-order valence-corrected chi connectivity index (χ0v) is 9.80. The molecular formula is C12H19NO2. The topological polar surface area (TPSA) is 50.1 Å². The lowest BCUT2D eigenvalue weighted by Crippen LogP contribution is -2.10. The van der Waals surface area contributed by atoms with Crippen LogP contribution in [0.2, 0.25) is 0 Å². The van der Waals surface area contributed by atoms with Gasteiger partial charge in [-0.25, -0.2) is 4.79 Å². The minimum absolute atomic E-state index is 0.329. The molecule has 0 N–H and O–H groups in total. The van der Waals surface area contributed by atoms with Crippen molar-refractivity contribution in [1.29, 1.82) is 5.26 Å². The van der Waals surface area contributed by atoms with Gasteiger partial charge in [0.25, 0.3) is 0 Å². The second-order valence-corrected chi connectivity index (χ2v) is 3.29. The van der Waals surface area contributed by atoms with E-state index in [0.29, 0.717) is 30.6 Å². The van der Waals surface area contributed by atoms with E-state index in [4.69, 9.17) is 10.00 Å². The molecule has 0 aromatic carbocycles. The molecule has 0 saturated heterocycles. The monoisotopic (exact) mass is 209 g/mol. The van der Waals surface area contributed by atoms with Crippen LogP contribution in [0.3, 0.4) is 0 Å².